The van der Waals surface area contributed by atoms with Crippen molar-refractivity contribution in [2.45, 2.75) is 6.92 Å². The number of benzene rings is 2. The number of carbonyl (C=O) groups is 4. The third kappa shape index (κ3) is 7.00. The van der Waals surface area contributed by atoms with Crippen LogP contribution in [0.25, 0.3) is 6.08 Å². The monoisotopic (exact) mass is 582 g/mol. The number of amides is 3. The van der Waals surface area contributed by atoms with Gasteiger partial charge in [0.15, 0.2) is 12.4 Å². The van der Waals surface area contributed by atoms with E-state index in [2.05, 4.69) is 21.2 Å². The number of halogens is 2. The van der Waals surface area contributed by atoms with Gasteiger partial charge in [-0.1, -0.05) is 11.6 Å². The van der Waals surface area contributed by atoms with E-state index in [1.54, 1.807) is 37.3 Å². The van der Waals surface area contributed by atoms with Gasteiger partial charge < -0.3 is 19.5 Å². The van der Waals surface area contributed by atoms with E-state index in [0.717, 1.165) is 4.90 Å². The van der Waals surface area contributed by atoms with Gasteiger partial charge >= 0.3 is 5.97 Å². The minimum atomic E-state index is -0.597. The molecule has 12 heteroatoms. The molecule has 3 amide bonds. The SMILES string of the molecule is CCOC(=O)COc1c(Cl)cc(/C=C2/SC(=O)N(CC(=O)Nc3ccc(OC)cc3)C2=O)cc1Br. The molecule has 35 heavy (non-hydrogen) atoms. The van der Waals surface area contributed by atoms with Crippen LogP contribution in [-0.2, 0) is 19.1 Å². The number of carbonyl (C=O) groups excluding carboxylic acids is 4. The van der Waals surface area contributed by atoms with Crippen molar-refractivity contribution in [1.29, 1.82) is 0 Å². The number of nitrogens with zero attached hydrogens (tertiary/aromatic N) is 1. The van der Waals surface area contributed by atoms with Crippen molar-refractivity contribution in [3.8, 4) is 11.5 Å². The van der Waals surface area contributed by atoms with Gasteiger partial charge in [-0.25, -0.2) is 4.79 Å². The molecule has 0 unspecified atom stereocenters. The summed E-state index contributed by atoms with van der Waals surface area (Å²) in [6, 6.07) is 9.79. The Bertz CT molecular complexity index is 1160. The maximum Gasteiger partial charge on any atom is 0.344 e. The van der Waals surface area contributed by atoms with E-state index in [0.29, 0.717) is 33.2 Å². The maximum atomic E-state index is 12.8. The van der Waals surface area contributed by atoms with Gasteiger partial charge in [0.2, 0.25) is 5.91 Å². The van der Waals surface area contributed by atoms with Gasteiger partial charge in [0.05, 0.1) is 28.1 Å². The van der Waals surface area contributed by atoms with Crippen LogP contribution in [0.5, 0.6) is 11.5 Å². The molecule has 1 heterocycles. The van der Waals surface area contributed by atoms with Crippen LogP contribution in [0, 0.1) is 0 Å². The topological polar surface area (TPSA) is 111 Å². The Kier molecular flexibility index (Phi) is 9.19. The van der Waals surface area contributed by atoms with E-state index in [-0.39, 0.29) is 28.9 Å². The van der Waals surface area contributed by atoms with E-state index in [4.69, 9.17) is 25.8 Å². The highest BCUT2D eigenvalue weighted by Crippen LogP contribution is 2.37. The lowest BCUT2D eigenvalue weighted by atomic mass is 10.2. The van der Waals surface area contributed by atoms with Crippen molar-refractivity contribution in [2.24, 2.45) is 0 Å². The number of nitrogens with one attached hydrogen (secondary N) is 1. The van der Waals surface area contributed by atoms with Crippen LogP contribution in [0.15, 0.2) is 45.8 Å². The second kappa shape index (κ2) is 12.1. The largest absolute Gasteiger partial charge is 0.497 e. The Labute approximate surface area is 218 Å². The van der Waals surface area contributed by atoms with Crippen LogP contribution in [0.1, 0.15) is 12.5 Å². The van der Waals surface area contributed by atoms with Crippen molar-refractivity contribution in [3.63, 3.8) is 0 Å². The number of esters is 1. The Balaban J connectivity index is 1.67. The molecule has 1 aliphatic rings. The van der Waals surface area contributed by atoms with Crippen LogP contribution in [0.2, 0.25) is 5.02 Å². The van der Waals surface area contributed by atoms with Crippen molar-refractivity contribution < 1.29 is 33.4 Å². The zero-order valence-electron chi connectivity index (χ0n) is 18.6. The zero-order valence-corrected chi connectivity index (χ0v) is 21.8. The third-order valence-corrected chi connectivity index (χ3v) is 6.28. The van der Waals surface area contributed by atoms with E-state index in [1.807, 2.05) is 0 Å². The quantitative estimate of drug-likeness (QED) is 0.333. The summed E-state index contributed by atoms with van der Waals surface area (Å²) in [6.07, 6.45) is 1.48. The minimum Gasteiger partial charge on any atom is -0.497 e. The van der Waals surface area contributed by atoms with E-state index in [9.17, 15) is 19.2 Å². The number of ether oxygens (including phenoxy) is 3. The lowest BCUT2D eigenvalue weighted by molar-refractivity contribution is -0.145. The number of hydrogen-bond acceptors (Lipinski definition) is 8. The van der Waals surface area contributed by atoms with Crippen LogP contribution in [-0.4, -0.2) is 54.8 Å². The maximum absolute atomic E-state index is 12.8. The number of thioether (sulfide) groups is 1. The molecular formula is C23H20BrClN2O7S. The van der Waals surface area contributed by atoms with E-state index < -0.39 is 29.6 Å². The van der Waals surface area contributed by atoms with Gasteiger partial charge in [-0.2, -0.15) is 0 Å². The predicted molar refractivity (Wildman–Crippen MR) is 136 cm³/mol. The van der Waals surface area contributed by atoms with Crippen molar-refractivity contribution >= 4 is 74.1 Å². The summed E-state index contributed by atoms with van der Waals surface area (Å²) in [5.74, 6) is -0.791. The molecule has 2 aromatic carbocycles. The summed E-state index contributed by atoms with van der Waals surface area (Å²) < 4.78 is 15.7. The minimum absolute atomic E-state index is 0.135. The fourth-order valence-corrected chi connectivity index (χ4v) is 4.77. The molecule has 184 valence electrons. The summed E-state index contributed by atoms with van der Waals surface area (Å²) in [6.45, 7) is 1.17. The van der Waals surface area contributed by atoms with Gasteiger partial charge in [0.1, 0.15) is 12.3 Å². The number of hydrogen-bond donors (Lipinski definition) is 1. The normalized spacial score (nSPS) is 14.3. The molecule has 1 saturated heterocycles. The Morgan fingerprint density at radius 3 is 2.54 bits per heavy atom. The molecule has 1 aliphatic heterocycles. The van der Waals surface area contributed by atoms with Gasteiger partial charge in [-0.3, -0.25) is 19.3 Å². The standard InChI is InChI=1S/C23H20BrClN2O7S/c1-3-33-20(29)12-34-21-16(24)8-13(9-17(21)25)10-18-22(30)27(23(31)35-18)11-19(28)26-14-4-6-15(32-2)7-5-14/h4-10H,3,11-12H2,1-2H3,(H,26,28)/b18-10+. The Morgan fingerprint density at radius 1 is 1.20 bits per heavy atom. The van der Waals surface area contributed by atoms with Gasteiger partial charge in [0.25, 0.3) is 11.1 Å². The average Bonchev–Trinajstić information content (AvgIpc) is 3.06. The highest BCUT2D eigenvalue weighted by atomic mass is 79.9. The molecule has 0 bridgehead atoms. The molecule has 1 fully saturated rings. The molecule has 0 atom stereocenters. The van der Waals surface area contributed by atoms with E-state index in [1.165, 1.54) is 19.3 Å². The summed E-state index contributed by atoms with van der Waals surface area (Å²) in [7, 11) is 1.53. The number of methoxy groups -OCH3 is 1. The molecule has 1 N–H and O–H groups in total. The molecule has 0 aliphatic carbocycles. The molecule has 0 spiro atoms. The highest BCUT2D eigenvalue weighted by molar-refractivity contribution is 9.10. The fourth-order valence-electron chi connectivity index (χ4n) is 2.94. The molecule has 3 rings (SSSR count). The lowest BCUT2D eigenvalue weighted by Crippen LogP contribution is -2.36. The zero-order chi connectivity index (χ0) is 25.5. The van der Waals surface area contributed by atoms with E-state index >= 15 is 0 Å². The molecule has 0 radical (unpaired) electrons. The first-order valence-electron chi connectivity index (χ1n) is 10.2. The predicted octanol–water partition coefficient (Wildman–Crippen LogP) is 4.73. The second-order valence-electron chi connectivity index (χ2n) is 6.95. The van der Waals surface area contributed by atoms with Gasteiger partial charge in [0, 0.05) is 5.69 Å². The summed E-state index contributed by atoms with van der Waals surface area (Å²) in [5, 5.41) is 2.26. The smallest absolute Gasteiger partial charge is 0.344 e. The van der Waals surface area contributed by atoms with Crippen LogP contribution >= 0.6 is 39.3 Å². The first kappa shape index (κ1) is 26.6. The summed E-state index contributed by atoms with van der Waals surface area (Å²) in [4.78, 5) is 50.0. The van der Waals surface area contributed by atoms with Gasteiger partial charge in [-0.15, -0.1) is 0 Å². The number of imide groups is 1. The molecule has 0 saturated carbocycles. The second-order valence-corrected chi connectivity index (χ2v) is 9.21. The third-order valence-electron chi connectivity index (χ3n) is 4.51. The lowest BCUT2D eigenvalue weighted by Gasteiger charge is -2.13. The van der Waals surface area contributed by atoms with Crippen molar-refractivity contribution in [2.75, 3.05) is 32.2 Å². The first-order chi connectivity index (χ1) is 16.7. The number of anilines is 1. The molecule has 2 aromatic rings. The van der Waals surface area contributed by atoms with Crippen molar-refractivity contribution in [3.05, 3.63) is 56.4 Å². The van der Waals surface area contributed by atoms with Gasteiger partial charge in [-0.05, 0) is 82.7 Å². The molecule has 9 nitrogen and oxygen atoms in total. The van der Waals surface area contributed by atoms with Crippen LogP contribution in [0.3, 0.4) is 0 Å². The van der Waals surface area contributed by atoms with Crippen LogP contribution in [0.4, 0.5) is 10.5 Å². The molecular weight excluding hydrogens is 564 g/mol. The Morgan fingerprint density at radius 2 is 1.91 bits per heavy atom. The Hall–Kier alpha value is -3.02. The summed E-state index contributed by atoms with van der Waals surface area (Å²) >= 11 is 10.3. The average molecular weight is 584 g/mol. The first-order valence-corrected chi connectivity index (χ1v) is 12.2. The van der Waals surface area contributed by atoms with Crippen LogP contribution < -0.4 is 14.8 Å². The highest BCUT2D eigenvalue weighted by Gasteiger charge is 2.36. The fraction of sp³-hybridized carbons (Fsp3) is 0.217. The van der Waals surface area contributed by atoms with Crippen molar-refractivity contribution in [1.82, 2.24) is 4.90 Å². The summed E-state index contributed by atoms with van der Waals surface area (Å²) in [5.41, 5.74) is 1.02. The molecule has 0 aromatic heterocycles. The number of rotatable bonds is 9.